The summed E-state index contributed by atoms with van der Waals surface area (Å²) in [5.74, 6) is 1.98. The molecule has 0 radical (unpaired) electrons. The molecule has 35 heavy (non-hydrogen) atoms. The van der Waals surface area contributed by atoms with E-state index in [9.17, 15) is 8.42 Å². The number of sulfone groups is 1. The van der Waals surface area contributed by atoms with Crippen molar-refractivity contribution in [2.24, 2.45) is 0 Å². The Hall–Kier alpha value is -3.09. The number of anilines is 3. The van der Waals surface area contributed by atoms with Crippen LogP contribution in [0.1, 0.15) is 31.4 Å². The third-order valence-electron chi connectivity index (χ3n) is 6.72. The first-order valence-electron chi connectivity index (χ1n) is 11.6. The van der Waals surface area contributed by atoms with Gasteiger partial charge in [0, 0.05) is 42.3 Å². The Labute approximate surface area is 206 Å². The predicted octanol–water partition coefficient (Wildman–Crippen LogP) is 3.40. The SMILES string of the molecule is Cc1cc(Nc2nc(NC3C[C@@H]4CC(S(=O)(=O)c5cccnc5)C[C@H](C3)N4)nc3sccc23)n[nH]1. The number of hydrogen-bond donors (Lipinski definition) is 4. The van der Waals surface area contributed by atoms with Gasteiger partial charge in [-0.1, -0.05) is 0 Å². The summed E-state index contributed by atoms with van der Waals surface area (Å²) in [6, 6.07) is 7.64. The number of thiophene rings is 1. The van der Waals surface area contributed by atoms with Gasteiger partial charge in [-0.05, 0) is 56.2 Å². The molecular weight excluding hydrogens is 484 g/mol. The highest BCUT2D eigenvalue weighted by atomic mass is 32.2. The van der Waals surface area contributed by atoms with Crippen molar-refractivity contribution >= 4 is 49.0 Å². The number of fused-ring (bicyclic) bond motifs is 3. The Morgan fingerprint density at radius 2 is 1.94 bits per heavy atom. The lowest BCUT2D eigenvalue weighted by molar-refractivity contribution is 0.231. The Morgan fingerprint density at radius 3 is 2.66 bits per heavy atom. The smallest absolute Gasteiger partial charge is 0.226 e. The monoisotopic (exact) mass is 510 g/mol. The van der Waals surface area contributed by atoms with E-state index < -0.39 is 15.1 Å². The van der Waals surface area contributed by atoms with E-state index in [1.165, 1.54) is 6.20 Å². The van der Waals surface area contributed by atoms with Crippen LogP contribution in [0, 0.1) is 6.92 Å². The van der Waals surface area contributed by atoms with Crippen LogP contribution in [-0.2, 0) is 9.84 Å². The second-order valence-electron chi connectivity index (χ2n) is 9.30. The van der Waals surface area contributed by atoms with Crippen molar-refractivity contribution in [3.8, 4) is 0 Å². The molecule has 2 unspecified atom stereocenters. The fourth-order valence-electron chi connectivity index (χ4n) is 5.19. The lowest BCUT2D eigenvalue weighted by Crippen LogP contribution is -2.56. The first kappa shape index (κ1) is 22.4. The van der Waals surface area contributed by atoms with Gasteiger partial charge in [0.1, 0.15) is 10.6 Å². The van der Waals surface area contributed by atoms with Crippen molar-refractivity contribution in [2.75, 3.05) is 10.6 Å². The molecule has 2 saturated heterocycles. The molecule has 4 N–H and O–H groups in total. The number of pyridine rings is 1. The van der Waals surface area contributed by atoms with Gasteiger partial charge in [-0.25, -0.2) is 13.4 Å². The van der Waals surface area contributed by atoms with Gasteiger partial charge in [0.15, 0.2) is 15.7 Å². The van der Waals surface area contributed by atoms with Gasteiger partial charge in [-0.3, -0.25) is 10.1 Å². The summed E-state index contributed by atoms with van der Waals surface area (Å²) in [6.45, 7) is 1.95. The summed E-state index contributed by atoms with van der Waals surface area (Å²) in [5.41, 5.74) is 0.964. The van der Waals surface area contributed by atoms with E-state index in [0.29, 0.717) is 35.3 Å². The normalized spacial score (nSPS) is 24.4. The molecule has 4 aromatic rings. The predicted molar refractivity (Wildman–Crippen MR) is 136 cm³/mol. The molecule has 182 valence electrons. The van der Waals surface area contributed by atoms with Gasteiger partial charge in [-0.2, -0.15) is 10.1 Å². The molecule has 2 aliphatic rings. The van der Waals surface area contributed by atoms with Gasteiger partial charge in [0.25, 0.3) is 0 Å². The van der Waals surface area contributed by atoms with Crippen LogP contribution in [0.25, 0.3) is 10.2 Å². The third-order valence-corrected chi connectivity index (χ3v) is 9.68. The largest absolute Gasteiger partial charge is 0.351 e. The van der Waals surface area contributed by atoms with Crippen LogP contribution in [0.4, 0.5) is 17.6 Å². The number of aromatic nitrogens is 5. The molecule has 0 aliphatic carbocycles. The first-order chi connectivity index (χ1) is 16.9. The van der Waals surface area contributed by atoms with E-state index in [1.54, 1.807) is 29.7 Å². The van der Waals surface area contributed by atoms with E-state index in [-0.39, 0.29) is 18.1 Å². The van der Waals surface area contributed by atoms with Crippen molar-refractivity contribution in [3.05, 3.63) is 47.7 Å². The number of rotatable bonds is 6. The van der Waals surface area contributed by atoms with E-state index in [2.05, 4.69) is 31.1 Å². The minimum atomic E-state index is -3.39. The quantitative estimate of drug-likeness (QED) is 0.307. The number of H-pyrrole nitrogens is 1. The average molecular weight is 511 g/mol. The highest BCUT2D eigenvalue weighted by Gasteiger charge is 2.41. The highest BCUT2D eigenvalue weighted by Crippen LogP contribution is 2.34. The lowest BCUT2D eigenvalue weighted by Gasteiger charge is -2.43. The van der Waals surface area contributed by atoms with Crippen LogP contribution in [0.15, 0.2) is 46.9 Å². The summed E-state index contributed by atoms with van der Waals surface area (Å²) in [5, 5.41) is 20.2. The Kier molecular flexibility index (Phi) is 5.66. The second-order valence-corrected chi connectivity index (χ2v) is 12.4. The molecule has 2 fully saturated rings. The van der Waals surface area contributed by atoms with Gasteiger partial charge in [0.05, 0.1) is 15.5 Å². The molecule has 2 aliphatic heterocycles. The summed E-state index contributed by atoms with van der Waals surface area (Å²) < 4.78 is 26.3. The first-order valence-corrected chi connectivity index (χ1v) is 14.1. The van der Waals surface area contributed by atoms with E-state index in [4.69, 9.17) is 9.97 Å². The topological polar surface area (TPSA) is 138 Å². The molecule has 0 spiro atoms. The second kappa shape index (κ2) is 8.85. The standard InChI is InChI=1S/C23H26N8O2S2/c1-13-7-20(31-30-13)27-21-19-4-6-34-22(19)29-23(28-21)26-14-8-15-10-18(11-16(9-14)25-15)35(32,33)17-3-2-5-24-12-17/h2-7,12,14-16,18,25H,8-11H2,1H3,(H3,26,27,28,29,30,31)/t14?,15-,16+,18?. The van der Waals surface area contributed by atoms with Crippen LogP contribution in [-0.4, -0.2) is 56.9 Å². The van der Waals surface area contributed by atoms with Crippen LogP contribution in [0.3, 0.4) is 0 Å². The number of aryl methyl sites for hydroxylation is 1. The highest BCUT2D eigenvalue weighted by molar-refractivity contribution is 7.92. The number of piperidine rings is 2. The molecule has 0 aromatic carbocycles. The average Bonchev–Trinajstić information content (AvgIpc) is 3.48. The zero-order valence-corrected chi connectivity index (χ0v) is 20.7. The van der Waals surface area contributed by atoms with Crippen LogP contribution < -0.4 is 16.0 Å². The van der Waals surface area contributed by atoms with Crippen molar-refractivity contribution in [3.63, 3.8) is 0 Å². The number of nitrogens with zero attached hydrogens (tertiary/aromatic N) is 4. The minimum Gasteiger partial charge on any atom is -0.351 e. The Balaban J connectivity index is 1.18. The van der Waals surface area contributed by atoms with Gasteiger partial charge < -0.3 is 16.0 Å². The lowest BCUT2D eigenvalue weighted by atomic mass is 9.84. The number of nitrogens with one attached hydrogen (secondary N) is 4. The van der Waals surface area contributed by atoms with Crippen molar-refractivity contribution in [2.45, 2.75) is 60.9 Å². The summed E-state index contributed by atoms with van der Waals surface area (Å²) in [6.07, 6.45) is 5.83. The Morgan fingerprint density at radius 1 is 1.11 bits per heavy atom. The Bertz CT molecular complexity index is 1440. The van der Waals surface area contributed by atoms with Gasteiger partial charge >= 0.3 is 0 Å². The molecule has 0 saturated carbocycles. The minimum absolute atomic E-state index is 0.117. The number of aromatic amines is 1. The van der Waals surface area contributed by atoms with Gasteiger partial charge in [0.2, 0.25) is 5.95 Å². The van der Waals surface area contributed by atoms with Crippen LogP contribution in [0.2, 0.25) is 0 Å². The molecule has 12 heteroatoms. The van der Waals surface area contributed by atoms with Crippen LogP contribution in [0.5, 0.6) is 0 Å². The molecule has 6 heterocycles. The molecule has 10 nitrogen and oxygen atoms in total. The maximum Gasteiger partial charge on any atom is 0.226 e. The van der Waals surface area contributed by atoms with Crippen molar-refractivity contribution in [1.29, 1.82) is 0 Å². The fourth-order valence-corrected chi connectivity index (χ4v) is 7.79. The number of hydrogen-bond acceptors (Lipinski definition) is 10. The molecule has 0 amide bonds. The summed E-state index contributed by atoms with van der Waals surface area (Å²) in [4.78, 5) is 14.7. The zero-order chi connectivity index (χ0) is 24.0. The molecule has 2 bridgehead atoms. The van der Waals surface area contributed by atoms with E-state index >= 15 is 0 Å². The zero-order valence-electron chi connectivity index (χ0n) is 19.1. The molecule has 6 rings (SSSR count). The summed E-state index contributed by atoms with van der Waals surface area (Å²) >= 11 is 1.57. The third kappa shape index (κ3) is 4.48. The maximum atomic E-state index is 13.2. The van der Waals surface area contributed by atoms with Crippen molar-refractivity contribution < 1.29 is 8.42 Å². The maximum absolute atomic E-state index is 13.2. The molecule has 4 atom stereocenters. The van der Waals surface area contributed by atoms with E-state index in [0.717, 1.165) is 28.8 Å². The summed E-state index contributed by atoms with van der Waals surface area (Å²) in [7, 11) is -3.39. The molecule has 4 aromatic heterocycles. The molecular formula is C23H26N8O2S2. The van der Waals surface area contributed by atoms with Gasteiger partial charge in [-0.15, -0.1) is 11.3 Å². The van der Waals surface area contributed by atoms with Crippen LogP contribution >= 0.6 is 11.3 Å². The van der Waals surface area contributed by atoms with Crippen molar-refractivity contribution in [1.82, 2.24) is 30.5 Å². The van der Waals surface area contributed by atoms with E-state index in [1.807, 2.05) is 24.4 Å². The fraction of sp³-hybridized carbons (Fsp3) is 0.391.